The van der Waals surface area contributed by atoms with Gasteiger partial charge in [0.2, 0.25) is 0 Å². The van der Waals surface area contributed by atoms with Crippen molar-refractivity contribution in [3.63, 3.8) is 0 Å². The summed E-state index contributed by atoms with van der Waals surface area (Å²) in [7, 11) is 0. The molecule has 0 saturated heterocycles. The summed E-state index contributed by atoms with van der Waals surface area (Å²) in [6.07, 6.45) is 8.82. The summed E-state index contributed by atoms with van der Waals surface area (Å²) in [6, 6.07) is 16.0. The van der Waals surface area contributed by atoms with E-state index < -0.39 is 5.97 Å². The van der Waals surface area contributed by atoms with Crippen molar-refractivity contribution < 1.29 is 14.7 Å². The summed E-state index contributed by atoms with van der Waals surface area (Å²) >= 11 is 0. The fraction of sp³-hybridized carbons (Fsp3) is 0.415. The van der Waals surface area contributed by atoms with Gasteiger partial charge in [0.1, 0.15) is 11.6 Å². The largest absolute Gasteiger partial charge is 0.478 e. The van der Waals surface area contributed by atoms with E-state index in [1.165, 1.54) is 28.8 Å². The number of aromatic carboxylic acids is 1. The van der Waals surface area contributed by atoms with Crippen LogP contribution in [0.15, 0.2) is 48.5 Å². The Morgan fingerprint density at radius 3 is 1.83 bits per heavy atom. The van der Waals surface area contributed by atoms with Crippen molar-refractivity contribution in [2.24, 2.45) is 0 Å². The van der Waals surface area contributed by atoms with Crippen molar-refractivity contribution in [2.45, 2.75) is 112 Å². The Morgan fingerprint density at radius 1 is 0.769 bits per heavy atom. The molecule has 2 aliphatic rings. The van der Waals surface area contributed by atoms with Crippen LogP contribution in [-0.2, 0) is 25.7 Å². The van der Waals surface area contributed by atoms with E-state index >= 15 is 0 Å². The molecule has 0 atom stereocenters. The zero-order valence-corrected chi connectivity index (χ0v) is 30.6. The second kappa shape index (κ2) is 15.5. The molecular formula is C41H54N8O3. The van der Waals surface area contributed by atoms with Crippen LogP contribution in [-0.4, -0.2) is 46.1 Å². The Balaban J connectivity index is 0.000000165. The Kier molecular flexibility index (Phi) is 11.3. The number of nitrogens with zero attached hydrogens (tertiary/aromatic N) is 5. The van der Waals surface area contributed by atoms with E-state index in [1.54, 1.807) is 12.1 Å². The number of fused-ring (bicyclic) bond motifs is 4. The van der Waals surface area contributed by atoms with Gasteiger partial charge in [-0.25, -0.2) is 4.79 Å². The van der Waals surface area contributed by atoms with Gasteiger partial charge in [-0.3, -0.25) is 9.89 Å². The molecule has 2 aliphatic carbocycles. The molecule has 6 aromatic rings. The molecule has 4 aromatic heterocycles. The molecule has 6 N–H and O–H groups in total. The third-order valence-electron chi connectivity index (χ3n) is 10.1. The molecule has 276 valence electrons. The maximum absolute atomic E-state index is 13.2. The van der Waals surface area contributed by atoms with E-state index in [0.717, 1.165) is 83.0 Å². The van der Waals surface area contributed by atoms with Gasteiger partial charge >= 0.3 is 5.97 Å². The number of aryl methyl sites for hydroxylation is 4. The number of aromatic amines is 1. The third-order valence-corrected chi connectivity index (χ3v) is 10.1. The highest BCUT2D eigenvalue weighted by Crippen LogP contribution is 2.31. The number of carbonyl (C=O) groups excluding carboxylic acids is 1. The first kappa shape index (κ1) is 37.9. The van der Waals surface area contributed by atoms with Gasteiger partial charge in [-0.1, -0.05) is 19.6 Å². The first-order valence-corrected chi connectivity index (χ1v) is 18.1. The van der Waals surface area contributed by atoms with E-state index in [9.17, 15) is 9.59 Å². The van der Waals surface area contributed by atoms with Crippen molar-refractivity contribution in [1.82, 2.24) is 29.1 Å². The number of carbonyl (C=O) groups is 2. The quantitative estimate of drug-likeness (QED) is 0.143. The molecule has 0 amide bonds. The number of aromatic nitrogens is 6. The number of nitrogens with two attached hydrogens (primary N) is 2. The summed E-state index contributed by atoms with van der Waals surface area (Å²) in [6.45, 7) is 12.6. The average Bonchev–Trinajstić information content (AvgIpc) is 3.85. The van der Waals surface area contributed by atoms with E-state index in [1.807, 2.05) is 31.2 Å². The number of nitrogens with one attached hydrogen (secondary N) is 1. The van der Waals surface area contributed by atoms with Crippen LogP contribution in [0.2, 0.25) is 0 Å². The first-order chi connectivity index (χ1) is 24.4. The predicted octanol–water partition coefficient (Wildman–Crippen LogP) is 8.61. The molecule has 4 heterocycles. The number of rotatable bonds is 4. The van der Waals surface area contributed by atoms with E-state index in [-0.39, 0.29) is 13.3 Å². The second-order valence-corrected chi connectivity index (χ2v) is 14.3. The zero-order valence-electron chi connectivity index (χ0n) is 30.6. The molecule has 52 heavy (non-hydrogen) atoms. The fourth-order valence-corrected chi connectivity index (χ4v) is 7.86. The minimum atomic E-state index is -0.869. The fourth-order valence-electron chi connectivity index (χ4n) is 7.86. The van der Waals surface area contributed by atoms with Gasteiger partial charge in [0.05, 0.1) is 16.8 Å². The van der Waals surface area contributed by atoms with Gasteiger partial charge < -0.3 is 25.7 Å². The predicted molar refractivity (Wildman–Crippen MR) is 210 cm³/mol. The minimum absolute atomic E-state index is 0. The second-order valence-electron chi connectivity index (χ2n) is 14.3. The summed E-state index contributed by atoms with van der Waals surface area (Å²) in [4.78, 5) is 24.3. The van der Waals surface area contributed by atoms with Gasteiger partial charge in [-0.15, -0.1) is 0 Å². The Morgan fingerprint density at radius 2 is 1.29 bits per heavy atom. The molecule has 0 unspecified atom stereocenters. The Labute approximate surface area is 306 Å². The summed E-state index contributed by atoms with van der Waals surface area (Å²) in [5, 5.41) is 22.3. The van der Waals surface area contributed by atoms with Crippen LogP contribution in [0.3, 0.4) is 0 Å². The molecule has 0 bridgehead atoms. The Hall–Kier alpha value is -5.32. The van der Waals surface area contributed by atoms with Gasteiger partial charge in [-0.05, 0) is 129 Å². The summed E-state index contributed by atoms with van der Waals surface area (Å²) < 4.78 is 5.82. The number of hydrogen-bond donors (Lipinski definition) is 4. The highest BCUT2D eigenvalue weighted by molar-refractivity contribution is 6.08. The average molecular weight is 707 g/mol. The van der Waals surface area contributed by atoms with Crippen LogP contribution in [0.25, 0.3) is 21.8 Å². The number of nitrogen functional groups attached to an aromatic ring is 2. The van der Waals surface area contributed by atoms with E-state index in [2.05, 4.69) is 71.2 Å². The van der Waals surface area contributed by atoms with Crippen LogP contribution in [0, 0.1) is 13.8 Å². The molecule has 0 spiro atoms. The van der Waals surface area contributed by atoms with Crippen LogP contribution in [0.5, 0.6) is 0 Å². The maximum atomic E-state index is 13.2. The van der Waals surface area contributed by atoms with Crippen molar-refractivity contribution in [3.05, 3.63) is 93.6 Å². The lowest BCUT2D eigenvalue weighted by Crippen LogP contribution is -2.17. The van der Waals surface area contributed by atoms with Crippen molar-refractivity contribution >= 4 is 45.3 Å². The number of hydrogen-bond acceptors (Lipinski definition) is 6. The van der Waals surface area contributed by atoms with E-state index in [4.69, 9.17) is 16.6 Å². The maximum Gasteiger partial charge on any atom is 0.336 e. The first-order valence-electron chi connectivity index (χ1n) is 18.1. The molecule has 11 heteroatoms. The third kappa shape index (κ3) is 7.09. The highest BCUT2D eigenvalue weighted by Gasteiger charge is 2.24. The minimum Gasteiger partial charge on any atom is -0.478 e. The normalized spacial score (nSPS) is 13.5. The van der Waals surface area contributed by atoms with Gasteiger partial charge in [0, 0.05) is 62.1 Å². The summed E-state index contributed by atoms with van der Waals surface area (Å²) in [5.74, 6) is 0.205. The monoisotopic (exact) mass is 706 g/mol. The number of anilines is 2. The molecule has 8 rings (SSSR count). The Bertz CT molecular complexity index is 2230. The SMILES string of the molecule is C.Cc1cc2c(C(=O)O)cccc2n1C(C)C.Cc1cc2c(C(=O)n3nc4c(c3N)CCCC4)cccc2n1C(C)C.Nc1n[nH]c2c1CCCC2. The number of carboxylic acid groups (broad SMARTS) is 1. The molecular weight excluding hydrogens is 653 g/mol. The topological polar surface area (TPSA) is 163 Å². The highest BCUT2D eigenvalue weighted by atomic mass is 16.4. The zero-order chi connectivity index (χ0) is 36.6. The van der Waals surface area contributed by atoms with Crippen LogP contribution < -0.4 is 11.5 Å². The lowest BCUT2D eigenvalue weighted by atomic mass is 9.98. The molecule has 2 aromatic carbocycles. The number of carboxylic acids is 1. The van der Waals surface area contributed by atoms with Gasteiger partial charge in [-0.2, -0.15) is 14.9 Å². The van der Waals surface area contributed by atoms with Crippen LogP contribution in [0.1, 0.15) is 128 Å². The van der Waals surface area contributed by atoms with Crippen molar-refractivity contribution in [2.75, 3.05) is 11.5 Å². The molecule has 0 saturated carbocycles. The van der Waals surface area contributed by atoms with Crippen molar-refractivity contribution in [3.8, 4) is 0 Å². The number of H-pyrrole nitrogens is 1. The van der Waals surface area contributed by atoms with E-state index in [0.29, 0.717) is 34.8 Å². The lowest BCUT2D eigenvalue weighted by Gasteiger charge is -2.12. The summed E-state index contributed by atoms with van der Waals surface area (Å²) in [5.41, 5.74) is 21.8. The molecule has 11 nitrogen and oxygen atoms in total. The van der Waals surface area contributed by atoms with Crippen molar-refractivity contribution in [1.29, 1.82) is 0 Å². The van der Waals surface area contributed by atoms with Gasteiger partial charge in [0.15, 0.2) is 0 Å². The molecule has 0 radical (unpaired) electrons. The molecule has 0 aliphatic heterocycles. The smallest absolute Gasteiger partial charge is 0.336 e. The van der Waals surface area contributed by atoms with Crippen LogP contribution >= 0.6 is 0 Å². The molecule has 0 fully saturated rings. The van der Waals surface area contributed by atoms with Gasteiger partial charge in [0.25, 0.3) is 5.91 Å². The standard InChI is InChI=1S/C20H24N4O.C13H15NO2.C7H11N3.CH4/c1-12(2)23-13(3)11-16-14(8-6-10-18(16)23)20(25)24-19(21)15-7-4-5-9-17(15)22-24;1-8(2)14-9(3)7-11-10(13(15)16)5-4-6-12(11)14;8-7-5-3-1-2-4-6(5)9-10-7;/h6,8,10-12H,4-5,7,9,21H2,1-3H3;4-8H,1-3H3,(H,15,16);1-4H2,(H3,8,9,10);1H4. The van der Waals surface area contributed by atoms with Crippen LogP contribution in [0.4, 0.5) is 11.6 Å². The lowest BCUT2D eigenvalue weighted by molar-refractivity contribution is 0.0698. The number of benzene rings is 2.